The number of rotatable bonds is 7. The van der Waals surface area contributed by atoms with Crippen molar-refractivity contribution in [2.45, 2.75) is 33.2 Å². The fourth-order valence-corrected chi connectivity index (χ4v) is 5.46. The van der Waals surface area contributed by atoms with Crippen molar-refractivity contribution in [2.75, 3.05) is 0 Å². The molecule has 0 unspecified atom stereocenters. The van der Waals surface area contributed by atoms with E-state index in [4.69, 9.17) is 9.97 Å². The lowest BCUT2D eigenvalue weighted by atomic mass is 9.98. The van der Waals surface area contributed by atoms with Gasteiger partial charge in [0.1, 0.15) is 11.6 Å². The van der Waals surface area contributed by atoms with Gasteiger partial charge in [-0.1, -0.05) is 61.5 Å². The molecule has 6 nitrogen and oxygen atoms in total. The SMILES string of the molecule is CCCc1nc2c(C)cc(-c3nc4ccccc4n3C)cc2n1Cc1ccc(-c2ccccc2C(=O)O)cc1.Cl. The molecule has 0 spiro atoms. The van der Waals surface area contributed by atoms with Gasteiger partial charge in [-0.05, 0) is 65.9 Å². The highest BCUT2D eigenvalue weighted by Gasteiger charge is 2.17. The van der Waals surface area contributed by atoms with E-state index in [1.54, 1.807) is 12.1 Å². The molecule has 0 saturated carbocycles. The first kappa shape index (κ1) is 27.2. The number of hydrogen-bond acceptors (Lipinski definition) is 3. The Morgan fingerprint density at radius 1 is 0.875 bits per heavy atom. The normalized spacial score (nSPS) is 11.2. The van der Waals surface area contributed by atoms with Crippen LogP contribution in [0.2, 0.25) is 0 Å². The summed E-state index contributed by atoms with van der Waals surface area (Å²) in [5, 5.41) is 9.60. The van der Waals surface area contributed by atoms with Gasteiger partial charge in [0.25, 0.3) is 0 Å². The average molecular weight is 551 g/mol. The Morgan fingerprint density at radius 2 is 1.60 bits per heavy atom. The van der Waals surface area contributed by atoms with Gasteiger partial charge in [0.15, 0.2) is 0 Å². The van der Waals surface area contributed by atoms with Crippen LogP contribution in [-0.2, 0) is 20.0 Å². The highest BCUT2D eigenvalue weighted by Crippen LogP contribution is 2.31. The zero-order chi connectivity index (χ0) is 27.1. The third kappa shape index (κ3) is 4.75. The summed E-state index contributed by atoms with van der Waals surface area (Å²) in [7, 11) is 2.06. The number of carboxylic acids is 1. The van der Waals surface area contributed by atoms with E-state index in [9.17, 15) is 9.90 Å². The first-order chi connectivity index (χ1) is 18.9. The molecule has 0 radical (unpaired) electrons. The van der Waals surface area contributed by atoms with Gasteiger partial charge in [-0.2, -0.15) is 0 Å². The topological polar surface area (TPSA) is 72.9 Å². The molecule has 0 aliphatic carbocycles. The number of halogens is 1. The number of aromatic nitrogens is 4. The van der Waals surface area contributed by atoms with Crippen molar-refractivity contribution < 1.29 is 9.90 Å². The summed E-state index contributed by atoms with van der Waals surface area (Å²) in [5.41, 5.74) is 9.46. The largest absolute Gasteiger partial charge is 0.478 e. The first-order valence-electron chi connectivity index (χ1n) is 13.3. The van der Waals surface area contributed by atoms with Gasteiger partial charge in [0, 0.05) is 25.6 Å². The second-order valence-corrected chi connectivity index (χ2v) is 10.1. The second-order valence-electron chi connectivity index (χ2n) is 10.1. The number of benzene rings is 4. The maximum Gasteiger partial charge on any atom is 0.336 e. The summed E-state index contributed by atoms with van der Waals surface area (Å²) in [4.78, 5) is 21.7. The van der Waals surface area contributed by atoms with E-state index >= 15 is 0 Å². The molecule has 0 atom stereocenters. The van der Waals surface area contributed by atoms with Crippen molar-refractivity contribution in [1.82, 2.24) is 19.1 Å². The first-order valence-corrected chi connectivity index (χ1v) is 13.3. The molecule has 4 aromatic carbocycles. The van der Waals surface area contributed by atoms with Gasteiger partial charge < -0.3 is 14.2 Å². The maximum absolute atomic E-state index is 11.7. The molecule has 0 amide bonds. The molecule has 2 heterocycles. The molecule has 0 saturated heterocycles. The van der Waals surface area contributed by atoms with Crippen molar-refractivity contribution in [1.29, 1.82) is 0 Å². The minimum atomic E-state index is -0.921. The number of imidazole rings is 2. The van der Waals surface area contributed by atoms with E-state index in [0.29, 0.717) is 12.1 Å². The Morgan fingerprint density at radius 3 is 2.33 bits per heavy atom. The van der Waals surface area contributed by atoms with Crippen molar-refractivity contribution in [3.05, 3.63) is 107 Å². The molecule has 202 valence electrons. The summed E-state index contributed by atoms with van der Waals surface area (Å²) in [6.45, 7) is 4.98. The van der Waals surface area contributed by atoms with Crippen LogP contribution in [0.15, 0.2) is 84.9 Å². The Balaban J connectivity index is 0.00000323. The lowest BCUT2D eigenvalue weighted by Gasteiger charge is -2.12. The molecule has 40 heavy (non-hydrogen) atoms. The number of carbonyl (C=O) groups is 1. The third-order valence-electron chi connectivity index (χ3n) is 7.41. The molecule has 0 aliphatic heterocycles. The molecule has 0 aliphatic rings. The van der Waals surface area contributed by atoms with E-state index in [0.717, 1.165) is 74.4 Å². The predicted octanol–water partition coefficient (Wildman–Crippen LogP) is 7.69. The zero-order valence-electron chi connectivity index (χ0n) is 22.8. The number of carboxylic acid groups (broad SMARTS) is 1. The van der Waals surface area contributed by atoms with E-state index in [1.807, 2.05) is 42.5 Å². The van der Waals surface area contributed by atoms with Crippen LogP contribution in [0.3, 0.4) is 0 Å². The number of hydrogen-bond donors (Lipinski definition) is 1. The summed E-state index contributed by atoms with van der Waals surface area (Å²) < 4.78 is 4.47. The highest BCUT2D eigenvalue weighted by molar-refractivity contribution is 5.96. The van der Waals surface area contributed by atoms with Crippen LogP contribution in [0.1, 0.15) is 40.7 Å². The fraction of sp³-hybridized carbons (Fsp3) is 0.182. The van der Waals surface area contributed by atoms with Gasteiger partial charge in [-0.15, -0.1) is 12.4 Å². The van der Waals surface area contributed by atoms with E-state index < -0.39 is 5.97 Å². The van der Waals surface area contributed by atoms with Crippen molar-refractivity contribution in [3.63, 3.8) is 0 Å². The van der Waals surface area contributed by atoms with Gasteiger partial charge in [-0.3, -0.25) is 0 Å². The van der Waals surface area contributed by atoms with Gasteiger partial charge in [0.05, 0.1) is 27.6 Å². The van der Waals surface area contributed by atoms with Crippen molar-refractivity contribution in [2.24, 2.45) is 7.05 Å². The van der Waals surface area contributed by atoms with E-state index in [2.05, 4.69) is 60.4 Å². The smallest absolute Gasteiger partial charge is 0.336 e. The van der Waals surface area contributed by atoms with Crippen LogP contribution in [0.4, 0.5) is 0 Å². The summed E-state index contributed by atoms with van der Waals surface area (Å²) in [6.07, 6.45) is 1.89. The number of para-hydroxylation sites is 2. The van der Waals surface area contributed by atoms with Crippen LogP contribution >= 0.6 is 12.4 Å². The molecular weight excluding hydrogens is 520 g/mol. The monoisotopic (exact) mass is 550 g/mol. The quantitative estimate of drug-likeness (QED) is 0.221. The minimum Gasteiger partial charge on any atom is -0.478 e. The molecular formula is C33H31ClN4O2. The Bertz CT molecular complexity index is 1850. The van der Waals surface area contributed by atoms with Crippen molar-refractivity contribution in [3.8, 4) is 22.5 Å². The van der Waals surface area contributed by atoms with Crippen LogP contribution in [0.5, 0.6) is 0 Å². The Kier molecular flexibility index (Phi) is 7.46. The van der Waals surface area contributed by atoms with Crippen LogP contribution in [-0.4, -0.2) is 30.2 Å². The van der Waals surface area contributed by atoms with Crippen LogP contribution in [0.25, 0.3) is 44.6 Å². The highest BCUT2D eigenvalue weighted by atomic mass is 35.5. The van der Waals surface area contributed by atoms with E-state index in [-0.39, 0.29) is 12.4 Å². The van der Waals surface area contributed by atoms with Crippen LogP contribution < -0.4 is 0 Å². The minimum absolute atomic E-state index is 0. The summed E-state index contributed by atoms with van der Waals surface area (Å²) in [5.74, 6) is 1.08. The molecule has 0 fully saturated rings. The molecule has 1 N–H and O–H groups in total. The van der Waals surface area contributed by atoms with Crippen molar-refractivity contribution >= 4 is 40.4 Å². The van der Waals surface area contributed by atoms with Gasteiger partial charge in [0.2, 0.25) is 0 Å². The van der Waals surface area contributed by atoms with Gasteiger partial charge >= 0.3 is 5.97 Å². The summed E-state index contributed by atoms with van der Waals surface area (Å²) in [6, 6.07) is 27.9. The standard InChI is InChI=1S/C33H30N4O2.ClH/c1-4-9-30-35-31-21(2)18-24(32-34-27-12-7-8-13-28(27)36(32)3)19-29(31)37(30)20-22-14-16-23(17-15-22)25-10-5-6-11-26(25)33(38)39;/h5-8,10-19H,4,9,20H2,1-3H3,(H,38,39);1H. The maximum atomic E-state index is 11.7. The second kappa shape index (κ2) is 11.0. The molecule has 7 heteroatoms. The number of fused-ring (bicyclic) bond motifs is 2. The zero-order valence-corrected chi connectivity index (χ0v) is 23.6. The van der Waals surface area contributed by atoms with Crippen LogP contribution in [0, 0.1) is 6.92 Å². The lowest BCUT2D eigenvalue weighted by Crippen LogP contribution is -2.05. The predicted molar refractivity (Wildman–Crippen MR) is 163 cm³/mol. The Hall–Kier alpha value is -4.42. The lowest BCUT2D eigenvalue weighted by molar-refractivity contribution is 0.0697. The number of aryl methyl sites for hydroxylation is 3. The van der Waals surface area contributed by atoms with E-state index in [1.165, 1.54) is 0 Å². The number of aromatic carboxylic acids is 1. The fourth-order valence-electron chi connectivity index (χ4n) is 5.46. The molecule has 0 bridgehead atoms. The molecule has 2 aromatic heterocycles. The number of nitrogens with zero attached hydrogens (tertiary/aromatic N) is 4. The Labute approximate surface area is 239 Å². The van der Waals surface area contributed by atoms with Gasteiger partial charge in [-0.25, -0.2) is 14.8 Å². The third-order valence-corrected chi connectivity index (χ3v) is 7.41. The molecule has 6 aromatic rings. The molecule has 6 rings (SSSR count). The summed E-state index contributed by atoms with van der Waals surface area (Å²) >= 11 is 0. The average Bonchev–Trinajstić information content (AvgIpc) is 3.47.